The second kappa shape index (κ2) is 7.11. The van der Waals surface area contributed by atoms with Crippen LogP contribution in [0.3, 0.4) is 0 Å². The van der Waals surface area contributed by atoms with Crippen LogP contribution in [-0.4, -0.2) is 48.9 Å². The van der Waals surface area contributed by atoms with E-state index in [0.29, 0.717) is 13.0 Å². The smallest absolute Gasteiger partial charge is 0.407 e. The molecule has 2 amide bonds. The molecular weight excluding hydrogens is 248 g/mol. The summed E-state index contributed by atoms with van der Waals surface area (Å²) in [6.07, 6.45) is 1.68. The van der Waals surface area contributed by atoms with Gasteiger partial charge in [-0.2, -0.15) is 0 Å². The molecular formula is C13H22N2O4. The topological polar surface area (TPSA) is 75.7 Å². The van der Waals surface area contributed by atoms with Crippen LogP contribution in [0.25, 0.3) is 0 Å². The number of alkyl carbamates (subject to hydrolysis) is 1. The molecule has 6 heteroatoms. The molecule has 0 aromatic rings. The number of rotatable bonds is 5. The number of likely N-dealkylation sites (tertiary alicyclic amines) is 1. The normalized spacial score (nSPS) is 19.9. The standard InChI is InChI=1S/C13H22N2O4/c1-4-9(2)12(17)10-6-5-7-15(10)11(16)8-14-13(18)19-3/h9-10H,4-8H2,1-3H3,(H,14,18). The Morgan fingerprint density at radius 3 is 2.68 bits per heavy atom. The van der Waals surface area contributed by atoms with E-state index in [0.717, 1.165) is 12.8 Å². The average molecular weight is 270 g/mol. The van der Waals surface area contributed by atoms with Gasteiger partial charge in [-0.1, -0.05) is 13.8 Å². The number of nitrogens with one attached hydrogen (secondary N) is 1. The van der Waals surface area contributed by atoms with Gasteiger partial charge in [0, 0.05) is 12.5 Å². The maximum absolute atomic E-state index is 12.2. The molecule has 108 valence electrons. The fourth-order valence-corrected chi connectivity index (χ4v) is 2.21. The molecule has 0 spiro atoms. The molecule has 1 aliphatic heterocycles. The van der Waals surface area contributed by atoms with Crippen LogP contribution in [0, 0.1) is 5.92 Å². The lowest BCUT2D eigenvalue weighted by atomic mass is 9.96. The van der Waals surface area contributed by atoms with Gasteiger partial charge in [-0.05, 0) is 19.3 Å². The maximum atomic E-state index is 12.2. The number of ketones is 1. The summed E-state index contributed by atoms with van der Waals surface area (Å²) >= 11 is 0. The summed E-state index contributed by atoms with van der Waals surface area (Å²) in [5.74, 6) is -0.150. The molecule has 6 nitrogen and oxygen atoms in total. The van der Waals surface area contributed by atoms with Crippen LogP contribution >= 0.6 is 0 Å². The van der Waals surface area contributed by atoms with Crippen molar-refractivity contribution in [2.75, 3.05) is 20.2 Å². The highest BCUT2D eigenvalue weighted by atomic mass is 16.5. The van der Waals surface area contributed by atoms with E-state index in [9.17, 15) is 14.4 Å². The summed E-state index contributed by atoms with van der Waals surface area (Å²) < 4.78 is 4.41. The zero-order valence-corrected chi connectivity index (χ0v) is 11.8. The zero-order chi connectivity index (χ0) is 14.4. The van der Waals surface area contributed by atoms with Crippen molar-refractivity contribution in [3.63, 3.8) is 0 Å². The van der Waals surface area contributed by atoms with Gasteiger partial charge in [0.15, 0.2) is 5.78 Å². The van der Waals surface area contributed by atoms with Crippen molar-refractivity contribution in [2.24, 2.45) is 5.92 Å². The summed E-state index contributed by atoms with van der Waals surface area (Å²) in [6, 6.07) is -0.332. The van der Waals surface area contributed by atoms with E-state index in [2.05, 4.69) is 10.1 Å². The van der Waals surface area contributed by atoms with Crippen molar-refractivity contribution in [1.29, 1.82) is 0 Å². The number of carbonyl (C=O) groups is 3. The van der Waals surface area contributed by atoms with Gasteiger partial charge in [0.25, 0.3) is 0 Å². The molecule has 19 heavy (non-hydrogen) atoms. The largest absolute Gasteiger partial charge is 0.453 e. The number of Topliss-reactive ketones (excluding diaryl/α,β-unsaturated/α-hetero) is 1. The summed E-state index contributed by atoms with van der Waals surface area (Å²) in [5.41, 5.74) is 0. The Morgan fingerprint density at radius 1 is 1.42 bits per heavy atom. The van der Waals surface area contributed by atoms with Gasteiger partial charge in [-0.25, -0.2) is 4.79 Å². The number of hydrogen-bond donors (Lipinski definition) is 1. The Hall–Kier alpha value is -1.59. The third kappa shape index (κ3) is 3.94. The Bertz CT molecular complexity index is 357. The monoisotopic (exact) mass is 270 g/mol. The average Bonchev–Trinajstić information content (AvgIpc) is 2.91. The number of methoxy groups -OCH3 is 1. The van der Waals surface area contributed by atoms with Crippen molar-refractivity contribution < 1.29 is 19.1 Å². The minimum atomic E-state index is -0.641. The first-order chi connectivity index (χ1) is 9.01. The van der Waals surface area contributed by atoms with Gasteiger partial charge in [0.1, 0.15) is 6.54 Å². The molecule has 0 aromatic carbocycles. The minimum Gasteiger partial charge on any atom is -0.453 e. The van der Waals surface area contributed by atoms with E-state index < -0.39 is 6.09 Å². The highest BCUT2D eigenvalue weighted by molar-refractivity contribution is 5.92. The number of amides is 2. The second-order valence-electron chi connectivity index (χ2n) is 4.80. The maximum Gasteiger partial charge on any atom is 0.407 e. The lowest BCUT2D eigenvalue weighted by Crippen LogP contribution is -2.46. The van der Waals surface area contributed by atoms with Crippen LogP contribution < -0.4 is 5.32 Å². The molecule has 2 atom stereocenters. The molecule has 1 fully saturated rings. The van der Waals surface area contributed by atoms with E-state index in [-0.39, 0.29) is 30.2 Å². The summed E-state index contributed by atoms with van der Waals surface area (Å²) in [6.45, 7) is 4.30. The van der Waals surface area contributed by atoms with E-state index >= 15 is 0 Å². The molecule has 0 aromatic heterocycles. The highest BCUT2D eigenvalue weighted by Crippen LogP contribution is 2.22. The molecule has 0 radical (unpaired) electrons. The van der Waals surface area contributed by atoms with Gasteiger partial charge in [0.05, 0.1) is 13.2 Å². The first-order valence-corrected chi connectivity index (χ1v) is 6.66. The van der Waals surface area contributed by atoms with Crippen molar-refractivity contribution in [1.82, 2.24) is 10.2 Å². The molecule has 0 saturated carbocycles. The van der Waals surface area contributed by atoms with Crippen LogP contribution in [0.15, 0.2) is 0 Å². The van der Waals surface area contributed by atoms with Crippen molar-refractivity contribution >= 4 is 17.8 Å². The van der Waals surface area contributed by atoms with Crippen molar-refractivity contribution in [3.05, 3.63) is 0 Å². The zero-order valence-electron chi connectivity index (χ0n) is 11.8. The summed E-state index contributed by atoms with van der Waals surface area (Å²) in [4.78, 5) is 36.7. The third-order valence-electron chi connectivity index (χ3n) is 3.57. The van der Waals surface area contributed by atoms with E-state index in [1.807, 2.05) is 13.8 Å². The van der Waals surface area contributed by atoms with Crippen LogP contribution in [0.5, 0.6) is 0 Å². The molecule has 0 aliphatic carbocycles. The fourth-order valence-electron chi connectivity index (χ4n) is 2.21. The Labute approximate surface area is 113 Å². The minimum absolute atomic E-state index is 0.0352. The molecule has 1 rings (SSSR count). The highest BCUT2D eigenvalue weighted by Gasteiger charge is 2.35. The summed E-state index contributed by atoms with van der Waals surface area (Å²) in [5, 5.41) is 2.35. The lowest BCUT2D eigenvalue weighted by Gasteiger charge is -2.25. The Morgan fingerprint density at radius 2 is 2.11 bits per heavy atom. The van der Waals surface area contributed by atoms with Crippen LogP contribution in [0.1, 0.15) is 33.1 Å². The molecule has 0 bridgehead atoms. The fraction of sp³-hybridized carbons (Fsp3) is 0.769. The first-order valence-electron chi connectivity index (χ1n) is 6.66. The SMILES string of the molecule is CCC(C)C(=O)C1CCCN1C(=O)CNC(=O)OC. The van der Waals surface area contributed by atoms with Crippen LogP contribution in [0.4, 0.5) is 4.79 Å². The van der Waals surface area contributed by atoms with Crippen molar-refractivity contribution in [2.45, 2.75) is 39.2 Å². The third-order valence-corrected chi connectivity index (χ3v) is 3.57. The molecule has 1 heterocycles. The molecule has 1 aliphatic rings. The number of nitrogens with zero attached hydrogens (tertiary/aromatic N) is 1. The number of hydrogen-bond acceptors (Lipinski definition) is 4. The molecule has 1 N–H and O–H groups in total. The Kier molecular flexibility index (Phi) is 5.79. The predicted octanol–water partition coefficient (Wildman–Crippen LogP) is 0.949. The van der Waals surface area contributed by atoms with E-state index in [1.54, 1.807) is 4.90 Å². The molecule has 2 unspecified atom stereocenters. The van der Waals surface area contributed by atoms with Gasteiger partial charge in [-0.3, -0.25) is 9.59 Å². The van der Waals surface area contributed by atoms with E-state index in [1.165, 1.54) is 7.11 Å². The van der Waals surface area contributed by atoms with Crippen molar-refractivity contribution in [3.8, 4) is 0 Å². The quantitative estimate of drug-likeness (QED) is 0.807. The van der Waals surface area contributed by atoms with Crippen LogP contribution in [0.2, 0.25) is 0 Å². The van der Waals surface area contributed by atoms with Gasteiger partial charge >= 0.3 is 6.09 Å². The van der Waals surface area contributed by atoms with Gasteiger partial charge < -0.3 is 15.0 Å². The first kappa shape index (κ1) is 15.5. The summed E-state index contributed by atoms with van der Waals surface area (Å²) in [7, 11) is 1.24. The van der Waals surface area contributed by atoms with Gasteiger partial charge in [0.2, 0.25) is 5.91 Å². The van der Waals surface area contributed by atoms with Crippen LogP contribution in [-0.2, 0) is 14.3 Å². The number of carbonyl (C=O) groups excluding carboxylic acids is 3. The lowest BCUT2D eigenvalue weighted by molar-refractivity contribution is -0.138. The predicted molar refractivity (Wildman–Crippen MR) is 69.6 cm³/mol. The molecule has 1 saturated heterocycles. The second-order valence-corrected chi connectivity index (χ2v) is 4.80. The Balaban J connectivity index is 2.58. The van der Waals surface area contributed by atoms with E-state index in [4.69, 9.17) is 0 Å². The number of ether oxygens (including phenoxy) is 1. The van der Waals surface area contributed by atoms with Gasteiger partial charge in [-0.15, -0.1) is 0 Å².